The summed E-state index contributed by atoms with van der Waals surface area (Å²) in [6.07, 6.45) is 0. The molecule has 98 valence electrons. The zero-order valence-corrected chi connectivity index (χ0v) is 11.0. The van der Waals surface area contributed by atoms with E-state index >= 15 is 0 Å². The number of carbonyl (C=O) groups excluding carboxylic acids is 1. The summed E-state index contributed by atoms with van der Waals surface area (Å²) in [7, 11) is 0. The molecule has 0 atom stereocenters. The molecule has 19 heavy (non-hydrogen) atoms. The lowest BCUT2D eigenvalue weighted by Gasteiger charge is -2.08. The van der Waals surface area contributed by atoms with Crippen molar-refractivity contribution < 1.29 is 9.18 Å². The Morgan fingerprint density at radius 1 is 1.26 bits per heavy atom. The van der Waals surface area contributed by atoms with Gasteiger partial charge in [0.05, 0.1) is 10.7 Å². The van der Waals surface area contributed by atoms with Crippen LogP contribution in [0.25, 0.3) is 0 Å². The molecule has 0 aliphatic rings. The molecule has 2 rings (SSSR count). The van der Waals surface area contributed by atoms with Crippen LogP contribution >= 0.6 is 11.6 Å². The Bertz CT molecular complexity index is 623. The number of amides is 1. The van der Waals surface area contributed by atoms with Crippen LogP contribution in [0.4, 0.5) is 15.8 Å². The second-order valence-corrected chi connectivity index (χ2v) is 4.62. The summed E-state index contributed by atoms with van der Waals surface area (Å²) in [6, 6.07) is 8.78. The molecule has 5 heteroatoms. The first-order chi connectivity index (χ1) is 8.95. The first-order valence-corrected chi connectivity index (χ1v) is 5.97. The largest absolute Gasteiger partial charge is 0.399 e. The number of carbonyl (C=O) groups is 1. The number of nitrogens with one attached hydrogen (secondary N) is 1. The standard InChI is InChI=1S/C14H12ClFN2O/c1-8-4-9(6-11(17)5-8)14(19)18-13-7-10(16)2-3-12(13)15/h2-7H,17H2,1H3,(H,18,19). The minimum atomic E-state index is -0.469. The van der Waals surface area contributed by atoms with Gasteiger partial charge in [0.2, 0.25) is 0 Å². The summed E-state index contributed by atoms with van der Waals surface area (Å²) in [6.45, 7) is 1.84. The summed E-state index contributed by atoms with van der Waals surface area (Å²) >= 11 is 5.88. The molecule has 0 heterocycles. The second kappa shape index (κ2) is 5.28. The fraction of sp³-hybridized carbons (Fsp3) is 0.0714. The maximum Gasteiger partial charge on any atom is 0.255 e. The number of aryl methyl sites for hydroxylation is 1. The van der Waals surface area contributed by atoms with Gasteiger partial charge in [0.15, 0.2) is 0 Å². The van der Waals surface area contributed by atoms with E-state index in [0.717, 1.165) is 5.56 Å². The van der Waals surface area contributed by atoms with Crippen LogP contribution in [-0.4, -0.2) is 5.91 Å². The quantitative estimate of drug-likeness (QED) is 0.824. The van der Waals surface area contributed by atoms with E-state index < -0.39 is 5.82 Å². The van der Waals surface area contributed by atoms with Gasteiger partial charge in [-0.05, 0) is 48.9 Å². The third kappa shape index (κ3) is 3.23. The van der Waals surface area contributed by atoms with Gasteiger partial charge in [0, 0.05) is 11.3 Å². The van der Waals surface area contributed by atoms with Crippen molar-refractivity contribution in [2.24, 2.45) is 0 Å². The average Bonchev–Trinajstić information content (AvgIpc) is 2.32. The fourth-order valence-corrected chi connectivity index (χ4v) is 1.90. The summed E-state index contributed by atoms with van der Waals surface area (Å²) in [4.78, 5) is 12.0. The maximum absolute atomic E-state index is 13.1. The lowest BCUT2D eigenvalue weighted by atomic mass is 10.1. The summed E-state index contributed by atoms with van der Waals surface area (Å²) in [5, 5.41) is 2.83. The van der Waals surface area contributed by atoms with E-state index in [-0.39, 0.29) is 16.6 Å². The Morgan fingerprint density at radius 3 is 2.68 bits per heavy atom. The molecule has 0 aliphatic heterocycles. The highest BCUT2D eigenvalue weighted by Crippen LogP contribution is 2.23. The van der Waals surface area contributed by atoms with E-state index in [2.05, 4.69) is 5.32 Å². The normalized spacial score (nSPS) is 10.3. The van der Waals surface area contributed by atoms with Gasteiger partial charge in [0.25, 0.3) is 5.91 Å². The van der Waals surface area contributed by atoms with E-state index in [0.29, 0.717) is 11.3 Å². The molecule has 0 fully saturated rings. The Labute approximate surface area is 115 Å². The van der Waals surface area contributed by atoms with E-state index in [9.17, 15) is 9.18 Å². The number of nitrogen functional groups attached to an aromatic ring is 1. The fourth-order valence-electron chi connectivity index (χ4n) is 1.73. The van der Waals surface area contributed by atoms with E-state index in [4.69, 9.17) is 17.3 Å². The lowest BCUT2D eigenvalue weighted by Crippen LogP contribution is -2.13. The van der Waals surface area contributed by atoms with E-state index in [1.807, 2.05) is 6.92 Å². The molecule has 0 saturated heterocycles. The second-order valence-electron chi connectivity index (χ2n) is 4.21. The molecule has 0 unspecified atom stereocenters. The molecule has 0 aromatic heterocycles. The van der Waals surface area contributed by atoms with E-state index in [1.54, 1.807) is 18.2 Å². The Morgan fingerprint density at radius 2 is 2.00 bits per heavy atom. The molecule has 0 saturated carbocycles. The van der Waals surface area contributed by atoms with Crippen molar-refractivity contribution in [3.05, 3.63) is 58.4 Å². The average molecular weight is 279 g/mol. The molecular weight excluding hydrogens is 267 g/mol. The van der Waals surface area contributed by atoms with Crippen LogP contribution in [0.1, 0.15) is 15.9 Å². The predicted molar refractivity (Wildman–Crippen MR) is 75.0 cm³/mol. The molecule has 2 aromatic rings. The third-order valence-corrected chi connectivity index (χ3v) is 2.87. The summed E-state index contributed by atoms with van der Waals surface area (Å²) < 4.78 is 13.1. The van der Waals surface area contributed by atoms with Gasteiger partial charge < -0.3 is 11.1 Å². The van der Waals surface area contributed by atoms with Crippen molar-refractivity contribution in [3.63, 3.8) is 0 Å². The molecule has 0 aliphatic carbocycles. The molecule has 2 aromatic carbocycles. The summed E-state index contributed by atoms with van der Waals surface area (Å²) in [5.74, 6) is -0.855. The monoisotopic (exact) mass is 278 g/mol. The first-order valence-electron chi connectivity index (χ1n) is 5.59. The van der Waals surface area contributed by atoms with E-state index in [1.165, 1.54) is 18.2 Å². The highest BCUT2D eigenvalue weighted by molar-refractivity contribution is 6.33. The lowest BCUT2D eigenvalue weighted by molar-refractivity contribution is 0.102. The van der Waals surface area contributed by atoms with Gasteiger partial charge in [-0.25, -0.2) is 4.39 Å². The van der Waals surface area contributed by atoms with Crippen molar-refractivity contribution in [2.75, 3.05) is 11.1 Å². The van der Waals surface area contributed by atoms with Crippen LogP contribution in [0.5, 0.6) is 0 Å². The topological polar surface area (TPSA) is 55.1 Å². The molecule has 3 N–H and O–H groups in total. The molecule has 0 spiro atoms. The molecule has 0 radical (unpaired) electrons. The van der Waals surface area contributed by atoms with Crippen molar-refractivity contribution in [2.45, 2.75) is 6.92 Å². The van der Waals surface area contributed by atoms with Crippen LogP contribution in [-0.2, 0) is 0 Å². The van der Waals surface area contributed by atoms with Gasteiger partial charge in [0.1, 0.15) is 5.82 Å². The first kappa shape index (κ1) is 13.4. The zero-order valence-electron chi connectivity index (χ0n) is 10.2. The van der Waals surface area contributed by atoms with Gasteiger partial charge in [-0.2, -0.15) is 0 Å². The SMILES string of the molecule is Cc1cc(N)cc(C(=O)Nc2cc(F)ccc2Cl)c1. The van der Waals surface area contributed by atoms with Gasteiger partial charge in [-0.1, -0.05) is 11.6 Å². The van der Waals surface area contributed by atoms with Crippen molar-refractivity contribution in [1.82, 2.24) is 0 Å². The van der Waals surface area contributed by atoms with Crippen LogP contribution < -0.4 is 11.1 Å². The number of anilines is 2. The van der Waals surface area contributed by atoms with Gasteiger partial charge in [-0.15, -0.1) is 0 Å². The predicted octanol–water partition coefficient (Wildman–Crippen LogP) is 3.62. The number of benzene rings is 2. The zero-order chi connectivity index (χ0) is 14.0. The van der Waals surface area contributed by atoms with Gasteiger partial charge in [-0.3, -0.25) is 4.79 Å². The molecule has 3 nitrogen and oxygen atoms in total. The molecular formula is C14H12ClFN2O. The minimum absolute atomic E-state index is 0.228. The van der Waals surface area contributed by atoms with Gasteiger partial charge >= 0.3 is 0 Å². The van der Waals surface area contributed by atoms with Crippen LogP contribution in [0.3, 0.4) is 0 Å². The number of rotatable bonds is 2. The summed E-state index contributed by atoms with van der Waals surface area (Å²) in [5.41, 5.74) is 7.67. The molecule has 1 amide bonds. The van der Waals surface area contributed by atoms with Crippen molar-refractivity contribution in [1.29, 1.82) is 0 Å². The Hall–Kier alpha value is -2.07. The van der Waals surface area contributed by atoms with Crippen molar-refractivity contribution >= 4 is 28.9 Å². The molecule has 0 bridgehead atoms. The minimum Gasteiger partial charge on any atom is -0.399 e. The Balaban J connectivity index is 2.28. The maximum atomic E-state index is 13.1. The van der Waals surface area contributed by atoms with Crippen LogP contribution in [0, 0.1) is 12.7 Å². The number of halogens is 2. The van der Waals surface area contributed by atoms with Crippen molar-refractivity contribution in [3.8, 4) is 0 Å². The number of nitrogens with two attached hydrogens (primary N) is 1. The van der Waals surface area contributed by atoms with Crippen LogP contribution in [0.15, 0.2) is 36.4 Å². The van der Waals surface area contributed by atoms with Crippen LogP contribution in [0.2, 0.25) is 5.02 Å². The smallest absolute Gasteiger partial charge is 0.255 e. The number of hydrogen-bond donors (Lipinski definition) is 2. The highest BCUT2D eigenvalue weighted by atomic mass is 35.5. The third-order valence-electron chi connectivity index (χ3n) is 2.54. The highest BCUT2D eigenvalue weighted by Gasteiger charge is 2.10. The number of hydrogen-bond acceptors (Lipinski definition) is 2. The Kier molecular flexibility index (Phi) is 3.71.